The van der Waals surface area contributed by atoms with Gasteiger partial charge in [-0.1, -0.05) is 13.3 Å². The Morgan fingerprint density at radius 3 is 2.44 bits per heavy atom. The fraction of sp³-hybridized carbons (Fsp3) is 0.846. The number of nitrogens with one attached hydrogen (secondary N) is 2. The van der Waals surface area contributed by atoms with Crippen molar-refractivity contribution in [3.8, 4) is 0 Å². The van der Waals surface area contributed by atoms with Crippen LogP contribution in [-0.4, -0.2) is 30.2 Å². The van der Waals surface area contributed by atoms with Crippen molar-refractivity contribution in [1.29, 1.82) is 0 Å². The molecule has 0 atom stereocenters. The molecule has 5 heteroatoms. The van der Waals surface area contributed by atoms with E-state index in [4.69, 9.17) is 5.11 Å². The molecule has 104 valence electrons. The van der Waals surface area contributed by atoms with E-state index >= 15 is 0 Å². The minimum Gasteiger partial charge on any atom is -0.481 e. The summed E-state index contributed by atoms with van der Waals surface area (Å²) in [6.07, 6.45) is 6.29. The molecule has 0 aromatic rings. The molecule has 3 N–H and O–H groups in total. The summed E-state index contributed by atoms with van der Waals surface area (Å²) in [5, 5.41) is 14.1. The largest absolute Gasteiger partial charge is 0.481 e. The molecule has 1 aliphatic carbocycles. The van der Waals surface area contributed by atoms with E-state index in [9.17, 15) is 9.59 Å². The van der Waals surface area contributed by atoms with Crippen molar-refractivity contribution >= 4 is 12.0 Å². The van der Waals surface area contributed by atoms with Crippen LogP contribution in [0.3, 0.4) is 0 Å². The Balaban J connectivity index is 2.02. The van der Waals surface area contributed by atoms with Gasteiger partial charge in [0.2, 0.25) is 0 Å². The maximum absolute atomic E-state index is 11.5. The quantitative estimate of drug-likeness (QED) is 0.582. The van der Waals surface area contributed by atoms with E-state index in [1.54, 1.807) is 0 Å². The monoisotopic (exact) mass is 256 g/mol. The van der Waals surface area contributed by atoms with Gasteiger partial charge in [-0.05, 0) is 37.5 Å². The van der Waals surface area contributed by atoms with E-state index in [0.717, 1.165) is 13.0 Å². The van der Waals surface area contributed by atoms with Gasteiger partial charge in [0.25, 0.3) is 0 Å². The molecule has 1 rings (SSSR count). The Hall–Kier alpha value is -1.26. The summed E-state index contributed by atoms with van der Waals surface area (Å²) in [6.45, 7) is 3.47. The number of carbonyl (C=O) groups is 2. The normalized spacial score (nSPS) is 16.7. The summed E-state index contributed by atoms with van der Waals surface area (Å²) in [5.41, 5.74) is 0.334. The summed E-state index contributed by atoms with van der Waals surface area (Å²) in [7, 11) is 0. The Morgan fingerprint density at radius 1 is 1.22 bits per heavy atom. The highest BCUT2D eigenvalue weighted by Crippen LogP contribution is 2.42. The number of carbonyl (C=O) groups excluding carboxylic acids is 1. The van der Waals surface area contributed by atoms with Crippen LogP contribution in [0.1, 0.15) is 51.9 Å². The molecule has 0 saturated heterocycles. The summed E-state index contributed by atoms with van der Waals surface area (Å²) in [4.78, 5) is 21.8. The molecule has 1 saturated carbocycles. The topological polar surface area (TPSA) is 78.4 Å². The van der Waals surface area contributed by atoms with Crippen LogP contribution >= 0.6 is 0 Å². The first kappa shape index (κ1) is 14.8. The van der Waals surface area contributed by atoms with Gasteiger partial charge >= 0.3 is 12.0 Å². The first-order valence-corrected chi connectivity index (χ1v) is 6.81. The standard InChI is InChI=1S/C13H24N2O3/c1-2-13(7-5-8-13)10-15-12(18)14-9-4-3-6-11(16)17/h2-10H2,1H3,(H,16,17)(H2,14,15,18). The molecule has 0 bridgehead atoms. The highest BCUT2D eigenvalue weighted by molar-refractivity contribution is 5.73. The van der Waals surface area contributed by atoms with Gasteiger partial charge in [-0.3, -0.25) is 4.79 Å². The summed E-state index contributed by atoms with van der Waals surface area (Å²) >= 11 is 0. The fourth-order valence-corrected chi connectivity index (χ4v) is 2.27. The second-order valence-electron chi connectivity index (χ2n) is 5.17. The summed E-state index contributed by atoms with van der Waals surface area (Å²) in [5.74, 6) is -0.783. The van der Waals surface area contributed by atoms with Gasteiger partial charge < -0.3 is 15.7 Å². The lowest BCUT2D eigenvalue weighted by molar-refractivity contribution is -0.137. The molecule has 5 nitrogen and oxygen atoms in total. The average molecular weight is 256 g/mol. The van der Waals surface area contributed by atoms with Crippen molar-refractivity contribution in [1.82, 2.24) is 10.6 Å². The van der Waals surface area contributed by atoms with Crippen molar-refractivity contribution in [3.05, 3.63) is 0 Å². The van der Waals surface area contributed by atoms with Crippen LogP contribution in [0.5, 0.6) is 0 Å². The van der Waals surface area contributed by atoms with Crippen LogP contribution in [0.15, 0.2) is 0 Å². The Bertz CT molecular complexity index is 282. The predicted octanol–water partition coefficient (Wildman–Crippen LogP) is 2.12. The van der Waals surface area contributed by atoms with E-state index in [1.165, 1.54) is 19.3 Å². The molecule has 0 aliphatic heterocycles. The molecular weight excluding hydrogens is 232 g/mol. The summed E-state index contributed by atoms with van der Waals surface area (Å²) < 4.78 is 0. The molecule has 1 fully saturated rings. The third kappa shape index (κ3) is 4.94. The SMILES string of the molecule is CCC1(CNC(=O)NCCCCC(=O)O)CCC1. The van der Waals surface area contributed by atoms with E-state index in [0.29, 0.717) is 24.8 Å². The van der Waals surface area contributed by atoms with Crippen molar-refractivity contribution in [3.63, 3.8) is 0 Å². The first-order chi connectivity index (χ1) is 8.58. The van der Waals surface area contributed by atoms with Crippen LogP contribution in [0.4, 0.5) is 4.79 Å². The fourth-order valence-electron chi connectivity index (χ4n) is 2.27. The van der Waals surface area contributed by atoms with Gasteiger partial charge in [0, 0.05) is 19.5 Å². The third-order valence-corrected chi connectivity index (χ3v) is 3.89. The van der Waals surface area contributed by atoms with Gasteiger partial charge in [0.1, 0.15) is 0 Å². The summed E-state index contributed by atoms with van der Waals surface area (Å²) in [6, 6.07) is -0.134. The Morgan fingerprint density at radius 2 is 1.94 bits per heavy atom. The average Bonchev–Trinajstić information content (AvgIpc) is 2.27. The number of rotatable bonds is 8. The van der Waals surface area contributed by atoms with Crippen LogP contribution in [0, 0.1) is 5.41 Å². The molecule has 0 radical (unpaired) electrons. The lowest BCUT2D eigenvalue weighted by Gasteiger charge is -2.41. The number of hydrogen-bond acceptors (Lipinski definition) is 2. The number of carboxylic acids is 1. The molecule has 0 aromatic carbocycles. The Kier molecular flexibility index (Phi) is 5.95. The molecular formula is C13H24N2O3. The highest BCUT2D eigenvalue weighted by Gasteiger charge is 2.35. The van der Waals surface area contributed by atoms with E-state index < -0.39 is 5.97 Å². The highest BCUT2D eigenvalue weighted by atomic mass is 16.4. The second-order valence-corrected chi connectivity index (χ2v) is 5.17. The molecule has 1 aliphatic rings. The molecule has 0 aromatic heterocycles. The first-order valence-electron chi connectivity index (χ1n) is 6.81. The third-order valence-electron chi connectivity index (χ3n) is 3.89. The van der Waals surface area contributed by atoms with Crippen LogP contribution in [-0.2, 0) is 4.79 Å². The minimum atomic E-state index is -0.783. The number of urea groups is 1. The van der Waals surface area contributed by atoms with Gasteiger partial charge in [-0.2, -0.15) is 0 Å². The van der Waals surface area contributed by atoms with Crippen LogP contribution in [0.25, 0.3) is 0 Å². The number of hydrogen-bond donors (Lipinski definition) is 3. The zero-order valence-corrected chi connectivity index (χ0v) is 11.1. The van der Waals surface area contributed by atoms with E-state index in [1.807, 2.05) is 0 Å². The predicted molar refractivity (Wildman–Crippen MR) is 69.5 cm³/mol. The van der Waals surface area contributed by atoms with Crippen LogP contribution < -0.4 is 10.6 Å². The molecule has 0 heterocycles. The number of aliphatic carboxylic acids is 1. The lowest BCUT2D eigenvalue weighted by atomic mass is 9.67. The zero-order valence-electron chi connectivity index (χ0n) is 11.1. The minimum absolute atomic E-state index is 0.134. The maximum atomic E-state index is 11.5. The lowest BCUT2D eigenvalue weighted by Crippen LogP contribution is -2.45. The van der Waals surface area contributed by atoms with Crippen molar-refractivity contribution in [2.75, 3.05) is 13.1 Å². The molecule has 0 spiro atoms. The molecule has 18 heavy (non-hydrogen) atoms. The van der Waals surface area contributed by atoms with Crippen molar-refractivity contribution in [2.24, 2.45) is 5.41 Å². The van der Waals surface area contributed by atoms with Crippen molar-refractivity contribution in [2.45, 2.75) is 51.9 Å². The van der Waals surface area contributed by atoms with Crippen molar-refractivity contribution < 1.29 is 14.7 Å². The Labute approximate surface area is 108 Å². The number of unbranched alkanes of at least 4 members (excludes halogenated alkanes) is 1. The van der Waals surface area contributed by atoms with E-state index in [-0.39, 0.29) is 12.5 Å². The van der Waals surface area contributed by atoms with Gasteiger partial charge in [0.15, 0.2) is 0 Å². The molecule has 2 amide bonds. The van der Waals surface area contributed by atoms with E-state index in [2.05, 4.69) is 17.6 Å². The molecule has 0 unspecified atom stereocenters. The second kappa shape index (κ2) is 7.24. The van der Waals surface area contributed by atoms with Gasteiger partial charge in [0.05, 0.1) is 0 Å². The zero-order chi connectivity index (χ0) is 13.4. The van der Waals surface area contributed by atoms with Gasteiger partial charge in [-0.15, -0.1) is 0 Å². The number of amides is 2. The van der Waals surface area contributed by atoms with Gasteiger partial charge in [-0.25, -0.2) is 4.79 Å². The smallest absolute Gasteiger partial charge is 0.314 e. The van der Waals surface area contributed by atoms with Crippen LogP contribution in [0.2, 0.25) is 0 Å². The maximum Gasteiger partial charge on any atom is 0.314 e. The number of carboxylic acid groups (broad SMARTS) is 1.